The van der Waals surface area contributed by atoms with Gasteiger partial charge < -0.3 is 4.90 Å². The minimum Gasteiger partial charge on any atom is -0.366 e. The number of pyridine rings is 1. The lowest BCUT2D eigenvalue weighted by atomic mass is 10.3. The van der Waals surface area contributed by atoms with Crippen molar-refractivity contribution in [1.82, 2.24) is 9.97 Å². The molecule has 2 aromatic heterocycles. The van der Waals surface area contributed by atoms with Gasteiger partial charge in [-0.3, -0.25) is 4.98 Å². The highest BCUT2D eigenvalue weighted by atomic mass is 35.5. The molecule has 0 unspecified atom stereocenters. The van der Waals surface area contributed by atoms with E-state index in [1.165, 1.54) is 6.20 Å². The minimum atomic E-state index is -0.415. The summed E-state index contributed by atoms with van der Waals surface area (Å²) in [7, 11) is 1.80. The van der Waals surface area contributed by atoms with Gasteiger partial charge >= 0.3 is 0 Å². The summed E-state index contributed by atoms with van der Waals surface area (Å²) in [5.41, 5.74) is 3.12. The van der Waals surface area contributed by atoms with Crippen LogP contribution in [0.25, 0.3) is 0 Å². The van der Waals surface area contributed by atoms with E-state index in [-0.39, 0.29) is 0 Å². The molecule has 0 fully saturated rings. The van der Waals surface area contributed by atoms with Crippen LogP contribution in [-0.2, 0) is 6.54 Å². The zero-order chi connectivity index (χ0) is 12.4. The van der Waals surface area contributed by atoms with E-state index < -0.39 is 5.82 Å². The molecule has 0 radical (unpaired) electrons. The van der Waals surface area contributed by atoms with Crippen LogP contribution in [0.15, 0.2) is 17.9 Å². The van der Waals surface area contributed by atoms with E-state index in [1.54, 1.807) is 28.8 Å². The maximum absolute atomic E-state index is 13.6. The van der Waals surface area contributed by atoms with Crippen molar-refractivity contribution in [2.45, 2.75) is 13.5 Å². The van der Waals surface area contributed by atoms with Gasteiger partial charge in [0, 0.05) is 18.1 Å². The summed E-state index contributed by atoms with van der Waals surface area (Å²) in [6, 6.07) is 0. The van der Waals surface area contributed by atoms with Gasteiger partial charge in [0.05, 0.1) is 34.7 Å². The zero-order valence-electron chi connectivity index (χ0n) is 9.44. The van der Waals surface area contributed by atoms with Gasteiger partial charge in [-0.05, 0) is 6.92 Å². The van der Waals surface area contributed by atoms with E-state index in [2.05, 4.69) is 9.97 Å². The average Bonchev–Trinajstić information content (AvgIpc) is 2.64. The first-order valence-electron chi connectivity index (χ1n) is 4.98. The molecule has 17 heavy (non-hydrogen) atoms. The summed E-state index contributed by atoms with van der Waals surface area (Å²) >= 11 is 7.50. The van der Waals surface area contributed by atoms with Crippen molar-refractivity contribution in [3.05, 3.63) is 39.3 Å². The van der Waals surface area contributed by atoms with Crippen LogP contribution < -0.4 is 4.90 Å². The maximum Gasteiger partial charge on any atom is 0.166 e. The molecule has 0 spiro atoms. The number of aryl methyl sites for hydroxylation is 1. The van der Waals surface area contributed by atoms with Crippen molar-refractivity contribution in [3.63, 3.8) is 0 Å². The molecular formula is C11H11ClFN3S. The average molecular weight is 272 g/mol. The fourth-order valence-electron chi connectivity index (χ4n) is 1.54. The first-order chi connectivity index (χ1) is 8.09. The summed E-state index contributed by atoms with van der Waals surface area (Å²) in [4.78, 5) is 10.7. The molecule has 0 aliphatic carbocycles. The topological polar surface area (TPSA) is 29.0 Å². The Morgan fingerprint density at radius 1 is 1.47 bits per heavy atom. The molecule has 0 amide bonds. The Morgan fingerprint density at radius 2 is 2.24 bits per heavy atom. The lowest BCUT2D eigenvalue weighted by Gasteiger charge is -2.20. The van der Waals surface area contributed by atoms with Crippen LogP contribution in [0.3, 0.4) is 0 Å². The first-order valence-corrected chi connectivity index (χ1v) is 6.24. The fraction of sp³-hybridized carbons (Fsp3) is 0.273. The third-order valence-electron chi connectivity index (χ3n) is 2.44. The van der Waals surface area contributed by atoms with Crippen LogP contribution in [0.1, 0.15) is 10.6 Å². The van der Waals surface area contributed by atoms with E-state index in [4.69, 9.17) is 11.6 Å². The molecule has 0 aliphatic rings. The van der Waals surface area contributed by atoms with E-state index in [9.17, 15) is 4.39 Å². The minimum absolute atomic E-state index is 0.315. The smallest absolute Gasteiger partial charge is 0.166 e. The van der Waals surface area contributed by atoms with Gasteiger partial charge in [-0.2, -0.15) is 0 Å². The fourth-order valence-corrected chi connectivity index (χ4v) is 2.66. The summed E-state index contributed by atoms with van der Waals surface area (Å²) in [5.74, 6) is -0.415. The van der Waals surface area contributed by atoms with Crippen molar-refractivity contribution in [1.29, 1.82) is 0 Å². The van der Waals surface area contributed by atoms with Crippen LogP contribution in [-0.4, -0.2) is 17.0 Å². The Bertz CT molecular complexity index is 509. The van der Waals surface area contributed by atoms with Gasteiger partial charge in [-0.1, -0.05) is 11.6 Å². The highest BCUT2D eigenvalue weighted by Crippen LogP contribution is 2.28. The summed E-state index contributed by atoms with van der Waals surface area (Å²) in [5, 5.41) is 0.315. The van der Waals surface area contributed by atoms with Crippen LogP contribution in [0, 0.1) is 12.7 Å². The number of halogens is 2. The van der Waals surface area contributed by atoms with E-state index in [1.807, 2.05) is 6.92 Å². The first kappa shape index (κ1) is 12.3. The molecule has 3 nitrogen and oxygen atoms in total. The SMILES string of the molecule is Cc1ncsc1CN(C)c1c(F)cncc1Cl. The Labute approximate surface area is 108 Å². The molecule has 0 aromatic carbocycles. The Balaban J connectivity index is 2.26. The molecule has 0 saturated carbocycles. The molecule has 0 saturated heterocycles. The second-order valence-corrected chi connectivity index (χ2v) is 5.02. The lowest BCUT2D eigenvalue weighted by Crippen LogP contribution is -2.18. The Morgan fingerprint density at radius 3 is 2.82 bits per heavy atom. The third-order valence-corrected chi connectivity index (χ3v) is 3.63. The van der Waals surface area contributed by atoms with Crippen LogP contribution in [0.5, 0.6) is 0 Å². The Kier molecular flexibility index (Phi) is 3.59. The van der Waals surface area contributed by atoms with Gasteiger partial charge in [0.15, 0.2) is 5.82 Å². The summed E-state index contributed by atoms with van der Waals surface area (Å²) < 4.78 is 13.6. The molecule has 6 heteroatoms. The van der Waals surface area contributed by atoms with E-state index in [0.717, 1.165) is 16.8 Å². The van der Waals surface area contributed by atoms with Gasteiger partial charge in [0.1, 0.15) is 0 Å². The van der Waals surface area contributed by atoms with E-state index >= 15 is 0 Å². The van der Waals surface area contributed by atoms with Crippen LogP contribution in [0.4, 0.5) is 10.1 Å². The van der Waals surface area contributed by atoms with Gasteiger partial charge in [-0.15, -0.1) is 11.3 Å². The molecule has 2 heterocycles. The van der Waals surface area contributed by atoms with Crippen molar-refractivity contribution in [2.24, 2.45) is 0 Å². The number of thiazole rings is 1. The molecule has 0 atom stereocenters. The van der Waals surface area contributed by atoms with Crippen molar-refractivity contribution in [3.8, 4) is 0 Å². The number of hydrogen-bond acceptors (Lipinski definition) is 4. The van der Waals surface area contributed by atoms with Crippen molar-refractivity contribution in [2.75, 3.05) is 11.9 Å². The molecule has 0 aliphatic heterocycles. The summed E-state index contributed by atoms with van der Waals surface area (Å²) in [6.45, 7) is 2.52. The molecule has 90 valence electrons. The molecule has 0 N–H and O–H groups in total. The van der Waals surface area contributed by atoms with Crippen molar-refractivity contribution < 1.29 is 4.39 Å². The van der Waals surface area contributed by atoms with Gasteiger partial charge in [0.2, 0.25) is 0 Å². The van der Waals surface area contributed by atoms with E-state index in [0.29, 0.717) is 17.3 Å². The standard InChI is InChI=1S/C11H11ClFN3S/c1-7-10(17-6-15-7)5-16(2)11-8(12)3-14-4-9(11)13/h3-4,6H,5H2,1-2H3. The number of nitrogens with zero attached hydrogens (tertiary/aromatic N) is 3. The molecule has 0 bridgehead atoms. The number of anilines is 1. The zero-order valence-corrected chi connectivity index (χ0v) is 11.0. The third kappa shape index (κ3) is 2.56. The number of hydrogen-bond donors (Lipinski definition) is 0. The largest absolute Gasteiger partial charge is 0.366 e. The monoisotopic (exact) mass is 271 g/mol. The quantitative estimate of drug-likeness (QED) is 0.858. The number of rotatable bonds is 3. The molecule has 2 aromatic rings. The predicted molar refractivity (Wildman–Crippen MR) is 68.2 cm³/mol. The predicted octanol–water partition coefficient (Wildman–Crippen LogP) is 3.28. The van der Waals surface area contributed by atoms with Crippen molar-refractivity contribution >= 4 is 28.6 Å². The van der Waals surface area contributed by atoms with Crippen LogP contribution in [0.2, 0.25) is 5.02 Å². The molecular weight excluding hydrogens is 261 g/mol. The number of aromatic nitrogens is 2. The van der Waals surface area contributed by atoms with Gasteiger partial charge in [-0.25, -0.2) is 9.37 Å². The second kappa shape index (κ2) is 4.98. The highest BCUT2D eigenvalue weighted by Gasteiger charge is 2.14. The van der Waals surface area contributed by atoms with Crippen LogP contribution >= 0.6 is 22.9 Å². The summed E-state index contributed by atoms with van der Waals surface area (Å²) in [6.07, 6.45) is 2.60. The van der Waals surface area contributed by atoms with Gasteiger partial charge in [0.25, 0.3) is 0 Å². The maximum atomic E-state index is 13.6. The lowest BCUT2D eigenvalue weighted by molar-refractivity contribution is 0.616. The Hall–Kier alpha value is -1.20. The highest BCUT2D eigenvalue weighted by molar-refractivity contribution is 7.09. The normalized spacial score (nSPS) is 10.6. The molecule has 2 rings (SSSR count). The second-order valence-electron chi connectivity index (χ2n) is 3.67.